The van der Waals surface area contributed by atoms with Gasteiger partial charge in [-0.05, 0) is 33.4 Å². The molecule has 0 saturated heterocycles. The highest BCUT2D eigenvalue weighted by molar-refractivity contribution is 5.79. The van der Waals surface area contributed by atoms with E-state index in [1.807, 2.05) is 60.7 Å². The lowest BCUT2D eigenvalue weighted by Gasteiger charge is -2.19. The molecule has 4 nitrogen and oxygen atoms in total. The van der Waals surface area contributed by atoms with Crippen molar-refractivity contribution in [2.24, 2.45) is 0 Å². The predicted molar refractivity (Wildman–Crippen MR) is 134 cm³/mol. The highest BCUT2D eigenvalue weighted by atomic mass is 16.5. The van der Waals surface area contributed by atoms with Gasteiger partial charge in [0.15, 0.2) is 0 Å². The Balaban J connectivity index is 1.15. The molecule has 5 rings (SSSR count). The molecule has 4 aromatic rings. The molecule has 0 unspecified atom stereocenters. The number of hydrogen-bond acceptors (Lipinski definition) is 3. The molecule has 4 aromatic carbocycles. The lowest BCUT2D eigenvalue weighted by molar-refractivity contribution is 0.0790. The van der Waals surface area contributed by atoms with E-state index in [0.29, 0.717) is 19.8 Å². The summed E-state index contributed by atoms with van der Waals surface area (Å²) in [6.45, 7) is 1.04. The molecule has 34 heavy (non-hydrogen) atoms. The summed E-state index contributed by atoms with van der Waals surface area (Å²) in [6.07, 6.45) is -0.617. The first kappa shape index (κ1) is 21.9. The normalized spacial score (nSPS) is 12.3. The van der Waals surface area contributed by atoms with Crippen LogP contribution in [0.3, 0.4) is 0 Å². The number of fused-ring (bicyclic) bond motifs is 3. The number of amides is 1. The van der Waals surface area contributed by atoms with Gasteiger partial charge in [0.05, 0.1) is 6.61 Å². The van der Waals surface area contributed by atoms with Crippen molar-refractivity contribution in [2.45, 2.75) is 12.0 Å². The van der Waals surface area contributed by atoms with Crippen molar-refractivity contribution in [3.8, 4) is 11.1 Å². The van der Waals surface area contributed by atoms with Crippen LogP contribution in [0.25, 0.3) is 11.1 Å². The van der Waals surface area contributed by atoms with Gasteiger partial charge in [-0.25, -0.2) is 4.79 Å². The molecule has 0 saturated carbocycles. The first-order valence-corrected chi connectivity index (χ1v) is 11.6. The standard InChI is InChI=1S/C30H27NO3/c32-30(34-21-28-26-17-9-7-15-24(26)25-16-8-10-18-27(25)28)31-19-20-33-29(22-11-3-1-4-12-22)23-13-5-2-6-14-23/h1-18,28-29H,19-21H2,(H,31,32). The van der Waals surface area contributed by atoms with Crippen LogP contribution in [-0.4, -0.2) is 25.9 Å². The Morgan fingerprint density at radius 3 is 1.76 bits per heavy atom. The van der Waals surface area contributed by atoms with Crippen LogP contribution in [0.1, 0.15) is 34.3 Å². The number of ether oxygens (including phenoxy) is 2. The number of nitrogens with one attached hydrogen (secondary N) is 1. The Morgan fingerprint density at radius 2 is 1.21 bits per heavy atom. The van der Waals surface area contributed by atoms with Crippen LogP contribution in [0.2, 0.25) is 0 Å². The molecule has 4 heteroatoms. The van der Waals surface area contributed by atoms with E-state index in [2.05, 4.69) is 53.8 Å². The van der Waals surface area contributed by atoms with Crippen molar-refractivity contribution in [3.63, 3.8) is 0 Å². The first-order valence-electron chi connectivity index (χ1n) is 11.6. The van der Waals surface area contributed by atoms with Crippen LogP contribution >= 0.6 is 0 Å². The quantitative estimate of drug-likeness (QED) is 0.320. The summed E-state index contributed by atoms with van der Waals surface area (Å²) in [5.41, 5.74) is 6.99. The SMILES string of the molecule is O=C(NCCOC(c1ccccc1)c1ccccc1)OCC1c2ccccc2-c2ccccc21. The van der Waals surface area contributed by atoms with Crippen molar-refractivity contribution in [1.29, 1.82) is 0 Å². The van der Waals surface area contributed by atoms with Crippen LogP contribution in [0.4, 0.5) is 4.79 Å². The average molecular weight is 450 g/mol. The minimum absolute atomic E-state index is 0.0509. The highest BCUT2D eigenvalue weighted by Crippen LogP contribution is 2.44. The maximum absolute atomic E-state index is 12.4. The number of carbonyl (C=O) groups excluding carboxylic acids is 1. The lowest BCUT2D eigenvalue weighted by atomic mass is 9.98. The van der Waals surface area contributed by atoms with E-state index in [9.17, 15) is 4.79 Å². The van der Waals surface area contributed by atoms with Crippen LogP contribution in [0, 0.1) is 0 Å². The summed E-state index contributed by atoms with van der Waals surface area (Å²) < 4.78 is 11.8. The number of benzene rings is 4. The molecule has 1 aliphatic rings. The van der Waals surface area contributed by atoms with E-state index in [0.717, 1.165) is 11.1 Å². The van der Waals surface area contributed by atoms with Crippen LogP contribution in [-0.2, 0) is 9.47 Å². The van der Waals surface area contributed by atoms with Gasteiger partial charge in [0, 0.05) is 12.5 Å². The molecule has 0 bridgehead atoms. The number of alkyl carbamates (subject to hydrolysis) is 1. The topological polar surface area (TPSA) is 47.6 Å². The van der Waals surface area contributed by atoms with Gasteiger partial charge in [0.1, 0.15) is 12.7 Å². The van der Waals surface area contributed by atoms with Crippen LogP contribution < -0.4 is 5.32 Å². The second kappa shape index (κ2) is 10.4. The summed E-state index contributed by atoms with van der Waals surface area (Å²) in [5.74, 6) is 0.0509. The maximum atomic E-state index is 12.4. The fraction of sp³-hybridized carbons (Fsp3) is 0.167. The smallest absolute Gasteiger partial charge is 0.407 e. The van der Waals surface area contributed by atoms with E-state index in [1.165, 1.54) is 22.3 Å². The zero-order valence-corrected chi connectivity index (χ0v) is 18.9. The third-order valence-electron chi connectivity index (χ3n) is 6.20. The van der Waals surface area contributed by atoms with Crippen LogP contribution in [0.5, 0.6) is 0 Å². The van der Waals surface area contributed by atoms with E-state index in [-0.39, 0.29) is 12.0 Å². The monoisotopic (exact) mass is 449 g/mol. The summed E-state index contributed by atoms with van der Waals surface area (Å²) in [6, 6.07) is 36.8. The lowest BCUT2D eigenvalue weighted by Crippen LogP contribution is -2.29. The Kier molecular flexibility index (Phi) is 6.68. The zero-order chi connectivity index (χ0) is 23.2. The molecule has 1 N–H and O–H groups in total. The minimum atomic E-state index is -0.429. The molecule has 1 amide bonds. The van der Waals surface area contributed by atoms with Crippen LogP contribution in [0.15, 0.2) is 109 Å². The number of rotatable bonds is 8. The van der Waals surface area contributed by atoms with E-state index in [4.69, 9.17) is 9.47 Å². The molecule has 0 aromatic heterocycles. The molecule has 0 radical (unpaired) electrons. The molecule has 0 atom stereocenters. The van der Waals surface area contributed by atoms with E-state index in [1.54, 1.807) is 0 Å². The summed E-state index contributed by atoms with van der Waals surface area (Å²) >= 11 is 0. The molecule has 0 fully saturated rings. The minimum Gasteiger partial charge on any atom is -0.449 e. The van der Waals surface area contributed by atoms with E-state index >= 15 is 0 Å². The number of hydrogen-bond donors (Lipinski definition) is 1. The van der Waals surface area contributed by atoms with Gasteiger partial charge in [0.2, 0.25) is 0 Å². The van der Waals surface area contributed by atoms with Gasteiger partial charge < -0.3 is 14.8 Å². The molecular weight excluding hydrogens is 422 g/mol. The molecule has 1 aliphatic carbocycles. The summed E-state index contributed by atoms with van der Waals surface area (Å²) in [4.78, 5) is 12.4. The zero-order valence-electron chi connectivity index (χ0n) is 18.9. The highest BCUT2D eigenvalue weighted by Gasteiger charge is 2.29. The molecule has 0 spiro atoms. The Bertz CT molecular complexity index is 1160. The van der Waals surface area contributed by atoms with Crippen molar-refractivity contribution in [3.05, 3.63) is 131 Å². The van der Waals surface area contributed by atoms with Gasteiger partial charge in [-0.2, -0.15) is 0 Å². The van der Waals surface area contributed by atoms with Crippen molar-refractivity contribution in [1.82, 2.24) is 5.32 Å². The van der Waals surface area contributed by atoms with Gasteiger partial charge >= 0.3 is 6.09 Å². The van der Waals surface area contributed by atoms with Crippen molar-refractivity contribution < 1.29 is 14.3 Å². The number of carbonyl (C=O) groups is 1. The third kappa shape index (κ3) is 4.73. The van der Waals surface area contributed by atoms with Gasteiger partial charge in [-0.15, -0.1) is 0 Å². The molecule has 170 valence electrons. The second-order valence-corrected chi connectivity index (χ2v) is 8.32. The second-order valence-electron chi connectivity index (χ2n) is 8.32. The maximum Gasteiger partial charge on any atom is 0.407 e. The predicted octanol–water partition coefficient (Wildman–Crippen LogP) is 6.33. The summed E-state index contributed by atoms with van der Waals surface area (Å²) in [5, 5.41) is 2.83. The van der Waals surface area contributed by atoms with Gasteiger partial charge in [-0.1, -0.05) is 109 Å². The summed E-state index contributed by atoms with van der Waals surface area (Å²) in [7, 11) is 0. The fourth-order valence-corrected chi connectivity index (χ4v) is 4.62. The van der Waals surface area contributed by atoms with Gasteiger partial charge in [0.25, 0.3) is 0 Å². The average Bonchev–Trinajstić information content (AvgIpc) is 3.22. The Hall–Kier alpha value is -3.89. The molecule has 0 heterocycles. The molecular formula is C30H27NO3. The molecule has 0 aliphatic heterocycles. The van der Waals surface area contributed by atoms with Crippen molar-refractivity contribution in [2.75, 3.05) is 19.8 Å². The first-order chi connectivity index (χ1) is 16.8. The third-order valence-corrected chi connectivity index (χ3v) is 6.20. The van der Waals surface area contributed by atoms with Gasteiger partial charge in [-0.3, -0.25) is 0 Å². The fourth-order valence-electron chi connectivity index (χ4n) is 4.62. The van der Waals surface area contributed by atoms with E-state index < -0.39 is 6.09 Å². The Morgan fingerprint density at radius 1 is 0.706 bits per heavy atom. The largest absolute Gasteiger partial charge is 0.449 e. The Labute approximate surface area is 200 Å². The van der Waals surface area contributed by atoms with Crippen molar-refractivity contribution >= 4 is 6.09 Å².